The molecule has 0 aliphatic carbocycles. The third kappa shape index (κ3) is 3.77. The molecular weight excluding hydrogens is 388 g/mol. The van der Waals surface area contributed by atoms with E-state index in [1.807, 2.05) is 6.92 Å². The van der Waals surface area contributed by atoms with E-state index in [1.165, 1.54) is 31.3 Å². The normalized spacial score (nSPS) is 11.8. The summed E-state index contributed by atoms with van der Waals surface area (Å²) in [7, 11) is -2.31. The second-order valence-electron chi connectivity index (χ2n) is 4.79. The maximum atomic E-state index is 12.5. The Morgan fingerprint density at radius 1 is 1.35 bits per heavy atom. The van der Waals surface area contributed by atoms with Gasteiger partial charge in [-0.1, -0.05) is 0 Å². The lowest BCUT2D eigenvalue weighted by Gasteiger charge is -2.16. The molecule has 2 rings (SSSR count). The first-order valence-corrected chi connectivity index (χ1v) is 8.91. The van der Waals surface area contributed by atoms with Crippen molar-refractivity contribution in [1.82, 2.24) is 14.1 Å². The molecule has 10 heteroatoms. The monoisotopic (exact) mass is 402 g/mol. The quantitative estimate of drug-likeness (QED) is 0.545. The molecule has 2 aromatic rings. The summed E-state index contributed by atoms with van der Waals surface area (Å²) in [5, 5.41) is 14.9. The number of non-ortho nitro benzene ring substituents is 1. The molecule has 0 bridgehead atoms. The summed E-state index contributed by atoms with van der Waals surface area (Å²) in [6, 6.07) is 4.79. The lowest BCUT2D eigenvalue weighted by Crippen LogP contribution is -2.27. The molecule has 0 fully saturated rings. The van der Waals surface area contributed by atoms with Crippen molar-refractivity contribution in [3.05, 3.63) is 50.7 Å². The number of hydrogen-bond donors (Lipinski definition) is 0. The van der Waals surface area contributed by atoms with Gasteiger partial charge in [0.1, 0.15) is 0 Å². The Bertz CT molecular complexity index is 817. The van der Waals surface area contributed by atoms with Crippen molar-refractivity contribution >= 4 is 31.6 Å². The van der Waals surface area contributed by atoms with E-state index in [9.17, 15) is 18.5 Å². The lowest BCUT2D eigenvalue weighted by atomic mass is 10.3. The summed E-state index contributed by atoms with van der Waals surface area (Å²) in [6.45, 7) is 2.70. The van der Waals surface area contributed by atoms with Crippen LogP contribution in [-0.4, -0.2) is 34.5 Å². The molecule has 0 saturated heterocycles. The predicted octanol–water partition coefficient (Wildman–Crippen LogP) is 2.39. The first kappa shape index (κ1) is 17.6. The minimum absolute atomic E-state index is 0.00310. The Hall–Kier alpha value is -1.78. The summed E-state index contributed by atoms with van der Waals surface area (Å²) < 4.78 is 28.6. The molecule has 0 amide bonds. The SMILES string of the molecule is CCn1cc(Br)c(CN(C)S(=O)(=O)c2ccc([N+](=O)[O-])cc2)n1. The Kier molecular flexibility index (Phi) is 5.17. The van der Waals surface area contributed by atoms with Crippen LogP contribution < -0.4 is 0 Å². The first-order valence-electron chi connectivity index (χ1n) is 6.68. The summed E-state index contributed by atoms with van der Waals surface area (Å²) in [5.74, 6) is 0. The van der Waals surface area contributed by atoms with Crippen molar-refractivity contribution in [1.29, 1.82) is 0 Å². The Labute approximate surface area is 142 Å². The smallest absolute Gasteiger partial charge is 0.269 e. The molecule has 0 atom stereocenters. The third-order valence-corrected chi connectivity index (χ3v) is 5.72. The van der Waals surface area contributed by atoms with E-state index in [2.05, 4.69) is 21.0 Å². The maximum Gasteiger partial charge on any atom is 0.269 e. The zero-order valence-corrected chi connectivity index (χ0v) is 14.9. The zero-order chi connectivity index (χ0) is 17.2. The Balaban J connectivity index is 2.24. The van der Waals surface area contributed by atoms with Crippen LogP contribution in [-0.2, 0) is 23.1 Å². The van der Waals surface area contributed by atoms with Gasteiger partial charge >= 0.3 is 0 Å². The van der Waals surface area contributed by atoms with Gasteiger partial charge < -0.3 is 0 Å². The van der Waals surface area contributed by atoms with E-state index in [0.29, 0.717) is 12.2 Å². The minimum atomic E-state index is -3.75. The molecule has 0 unspecified atom stereocenters. The third-order valence-electron chi connectivity index (χ3n) is 3.24. The van der Waals surface area contributed by atoms with Gasteiger partial charge in [0, 0.05) is 31.9 Å². The first-order chi connectivity index (χ1) is 10.8. The molecule has 8 nitrogen and oxygen atoms in total. The van der Waals surface area contributed by atoms with Gasteiger partial charge in [0.15, 0.2) is 0 Å². The molecule has 23 heavy (non-hydrogen) atoms. The molecular formula is C13H15BrN4O4S. The van der Waals surface area contributed by atoms with E-state index in [0.717, 1.165) is 8.78 Å². The van der Waals surface area contributed by atoms with E-state index in [4.69, 9.17) is 0 Å². The number of rotatable bonds is 6. The molecule has 1 aromatic heterocycles. The number of halogens is 1. The Morgan fingerprint density at radius 2 is 1.96 bits per heavy atom. The predicted molar refractivity (Wildman–Crippen MR) is 87.4 cm³/mol. The van der Waals surface area contributed by atoms with Crippen LogP contribution in [0.15, 0.2) is 39.8 Å². The average Bonchev–Trinajstić information content (AvgIpc) is 2.87. The van der Waals surface area contributed by atoms with E-state index >= 15 is 0 Å². The fourth-order valence-electron chi connectivity index (χ4n) is 1.92. The van der Waals surface area contributed by atoms with Gasteiger partial charge in [0.2, 0.25) is 10.0 Å². The van der Waals surface area contributed by atoms with Gasteiger partial charge in [-0.15, -0.1) is 0 Å². The molecule has 0 N–H and O–H groups in total. The summed E-state index contributed by atoms with van der Waals surface area (Å²) in [4.78, 5) is 10.1. The molecule has 0 radical (unpaired) electrons. The van der Waals surface area contributed by atoms with Crippen molar-refractivity contribution in [2.75, 3.05) is 7.05 Å². The lowest BCUT2D eigenvalue weighted by molar-refractivity contribution is -0.384. The largest absolute Gasteiger partial charge is 0.272 e. The number of hydrogen-bond acceptors (Lipinski definition) is 5. The summed E-state index contributed by atoms with van der Waals surface area (Å²) in [5.41, 5.74) is 0.441. The van der Waals surface area contributed by atoms with E-state index < -0.39 is 14.9 Å². The Morgan fingerprint density at radius 3 is 2.43 bits per heavy atom. The van der Waals surface area contributed by atoms with Crippen molar-refractivity contribution in [2.45, 2.75) is 24.9 Å². The van der Waals surface area contributed by atoms with Crippen molar-refractivity contribution in [2.24, 2.45) is 0 Å². The highest BCUT2D eigenvalue weighted by Gasteiger charge is 2.23. The zero-order valence-electron chi connectivity index (χ0n) is 12.5. The minimum Gasteiger partial charge on any atom is -0.272 e. The molecule has 0 spiro atoms. The van der Waals surface area contributed by atoms with Crippen LogP contribution in [0.3, 0.4) is 0 Å². The molecule has 0 aliphatic heterocycles. The topological polar surface area (TPSA) is 98.3 Å². The second-order valence-corrected chi connectivity index (χ2v) is 7.69. The molecule has 124 valence electrons. The van der Waals surface area contributed by atoms with Crippen LogP contribution in [0.2, 0.25) is 0 Å². The van der Waals surface area contributed by atoms with Crippen molar-refractivity contribution in [3.8, 4) is 0 Å². The van der Waals surface area contributed by atoms with Crippen LogP contribution in [0, 0.1) is 10.1 Å². The molecule has 0 aliphatic rings. The number of aryl methyl sites for hydroxylation is 1. The van der Waals surface area contributed by atoms with Gasteiger partial charge in [0.05, 0.1) is 26.5 Å². The van der Waals surface area contributed by atoms with Gasteiger partial charge in [-0.3, -0.25) is 14.8 Å². The van der Waals surface area contributed by atoms with Crippen LogP contribution in [0.1, 0.15) is 12.6 Å². The number of nitrogens with zero attached hydrogens (tertiary/aromatic N) is 4. The molecule has 1 heterocycles. The van der Waals surface area contributed by atoms with Gasteiger partial charge in [-0.25, -0.2) is 8.42 Å². The fraction of sp³-hybridized carbons (Fsp3) is 0.308. The van der Waals surface area contributed by atoms with Gasteiger partial charge in [0.25, 0.3) is 5.69 Å². The molecule has 1 aromatic carbocycles. The number of aromatic nitrogens is 2. The number of sulfonamides is 1. The van der Waals surface area contributed by atoms with Crippen molar-refractivity contribution < 1.29 is 13.3 Å². The summed E-state index contributed by atoms with van der Waals surface area (Å²) in [6.07, 6.45) is 1.78. The highest BCUT2D eigenvalue weighted by Crippen LogP contribution is 2.22. The van der Waals surface area contributed by atoms with Gasteiger partial charge in [-0.2, -0.15) is 9.40 Å². The highest BCUT2D eigenvalue weighted by atomic mass is 79.9. The standard InChI is InChI=1S/C13H15BrN4O4S/c1-3-17-8-12(14)13(15-17)9-16(2)23(21,22)11-6-4-10(5-7-11)18(19)20/h4-8H,3,9H2,1-2H3. The number of nitro benzene ring substituents is 1. The van der Waals surface area contributed by atoms with Crippen LogP contribution >= 0.6 is 15.9 Å². The van der Waals surface area contributed by atoms with Crippen molar-refractivity contribution in [3.63, 3.8) is 0 Å². The van der Waals surface area contributed by atoms with Gasteiger partial charge in [-0.05, 0) is 35.0 Å². The van der Waals surface area contributed by atoms with E-state index in [-0.39, 0.29) is 17.1 Å². The average molecular weight is 403 g/mol. The summed E-state index contributed by atoms with van der Waals surface area (Å²) >= 11 is 3.36. The van der Waals surface area contributed by atoms with Crippen LogP contribution in [0.5, 0.6) is 0 Å². The molecule has 0 saturated carbocycles. The van der Waals surface area contributed by atoms with E-state index in [1.54, 1.807) is 10.9 Å². The highest BCUT2D eigenvalue weighted by molar-refractivity contribution is 9.10. The van der Waals surface area contributed by atoms with Crippen LogP contribution in [0.25, 0.3) is 0 Å². The second kappa shape index (κ2) is 6.77. The number of nitro groups is 1. The van der Waals surface area contributed by atoms with Crippen LogP contribution in [0.4, 0.5) is 5.69 Å². The fourth-order valence-corrected chi connectivity index (χ4v) is 3.50. The maximum absolute atomic E-state index is 12.5. The number of benzene rings is 1.